The van der Waals surface area contributed by atoms with Gasteiger partial charge in [-0.25, -0.2) is 14.1 Å². The van der Waals surface area contributed by atoms with Gasteiger partial charge in [-0.3, -0.25) is 37.3 Å². The number of aliphatic hydroxyl groups excluding tert-OH is 2. The highest BCUT2D eigenvalue weighted by molar-refractivity contribution is 7.61. The molecule has 65 heavy (non-hydrogen) atoms. The normalized spacial score (nSPS) is 18.3. The van der Waals surface area contributed by atoms with E-state index < -0.39 is 77.2 Å². The van der Waals surface area contributed by atoms with Crippen molar-refractivity contribution in [1.29, 1.82) is 0 Å². The summed E-state index contributed by atoms with van der Waals surface area (Å²) in [6, 6.07) is 12.1. The van der Waals surface area contributed by atoms with Crippen LogP contribution in [0.4, 0.5) is 0 Å². The lowest BCUT2D eigenvalue weighted by Crippen LogP contribution is -2.38. The second kappa shape index (κ2) is 27.5. The largest absolute Gasteiger partial charge is 0.484 e. The lowest BCUT2D eigenvalue weighted by molar-refractivity contribution is -0.135. The summed E-state index contributed by atoms with van der Waals surface area (Å²) in [5.74, 6) is -1.38. The first-order valence-electron chi connectivity index (χ1n) is 22.2. The molecule has 0 spiro atoms. The molecule has 1 amide bonds. The van der Waals surface area contributed by atoms with E-state index >= 15 is 0 Å². The molecule has 21 heteroatoms. The van der Waals surface area contributed by atoms with Crippen LogP contribution in [-0.4, -0.2) is 67.4 Å². The number of ether oxygens (including phenoxy) is 3. The Morgan fingerprint density at radius 2 is 1.17 bits per heavy atom. The van der Waals surface area contributed by atoms with Gasteiger partial charge in [-0.2, -0.15) is 4.31 Å². The second-order valence-corrected chi connectivity index (χ2v) is 19.0. The summed E-state index contributed by atoms with van der Waals surface area (Å²) < 4.78 is 65.5. The lowest BCUT2D eigenvalue weighted by atomic mass is 10.1. The fourth-order valence-electron chi connectivity index (χ4n) is 6.73. The molecule has 0 radical (unpaired) electrons. The number of carbonyl (C=O) groups is 3. The Morgan fingerprint density at radius 3 is 1.63 bits per heavy atom. The van der Waals surface area contributed by atoms with Crippen molar-refractivity contribution < 1.29 is 70.7 Å². The SMILES string of the molecule is CCCCCCCCCC(=O)Oc1ccc(COP(=O)(OCc2ccc(OC(=O)CCCCCCCCC)cc2)OP(=O)(O)OC[C@H]2O[C@@H](n3ccnc(C(N)=O)c3=O)[C@H](O)[C@@H]2O)cc1. The van der Waals surface area contributed by atoms with Crippen molar-refractivity contribution in [3.63, 3.8) is 0 Å². The molecule has 2 heterocycles. The van der Waals surface area contributed by atoms with Crippen molar-refractivity contribution in [3.05, 3.63) is 88.1 Å². The van der Waals surface area contributed by atoms with Crippen LogP contribution >= 0.6 is 15.6 Å². The highest BCUT2D eigenvalue weighted by Crippen LogP contribution is 2.64. The third-order valence-corrected chi connectivity index (χ3v) is 13.4. The number of phosphoric acid groups is 2. The summed E-state index contributed by atoms with van der Waals surface area (Å²) in [6.45, 7) is 2.40. The van der Waals surface area contributed by atoms with Crippen molar-refractivity contribution in [2.24, 2.45) is 5.73 Å². The number of aliphatic hydroxyl groups is 2. The first kappa shape index (κ1) is 53.5. The minimum Gasteiger partial charge on any atom is -0.427 e. The van der Waals surface area contributed by atoms with E-state index in [1.54, 1.807) is 0 Å². The molecule has 1 aliphatic heterocycles. The number of benzene rings is 2. The predicted octanol–water partition coefficient (Wildman–Crippen LogP) is 7.73. The van der Waals surface area contributed by atoms with Gasteiger partial charge in [0.2, 0.25) is 0 Å². The Balaban J connectivity index is 1.37. The van der Waals surface area contributed by atoms with Crippen molar-refractivity contribution in [1.82, 2.24) is 9.55 Å². The summed E-state index contributed by atoms with van der Waals surface area (Å²) in [6.07, 6.45) is 10.7. The van der Waals surface area contributed by atoms with Crippen molar-refractivity contribution in [2.45, 2.75) is 154 Å². The number of primary amides is 1. The van der Waals surface area contributed by atoms with Crippen LogP contribution in [-0.2, 0) is 54.6 Å². The van der Waals surface area contributed by atoms with Gasteiger partial charge in [0.15, 0.2) is 11.9 Å². The molecule has 3 aromatic rings. The monoisotopic (exact) mass is 951 g/mol. The van der Waals surface area contributed by atoms with Crippen LogP contribution in [0.25, 0.3) is 0 Å². The maximum atomic E-state index is 14.1. The molecule has 5 atom stereocenters. The molecule has 360 valence electrons. The van der Waals surface area contributed by atoms with Gasteiger partial charge in [-0.1, -0.05) is 115 Å². The molecule has 1 fully saturated rings. The Bertz CT molecular complexity index is 2020. The molecule has 0 bridgehead atoms. The Hall–Kier alpha value is -4.13. The minimum absolute atomic E-state index is 0.266. The lowest BCUT2D eigenvalue weighted by Gasteiger charge is -2.22. The van der Waals surface area contributed by atoms with E-state index in [9.17, 15) is 43.4 Å². The molecular weight excluding hydrogens is 888 g/mol. The highest BCUT2D eigenvalue weighted by atomic mass is 31.3. The smallest absolute Gasteiger partial charge is 0.427 e. The van der Waals surface area contributed by atoms with Gasteiger partial charge in [-0.15, -0.1) is 0 Å². The number of phosphoric ester groups is 2. The summed E-state index contributed by atoms with van der Waals surface area (Å²) in [7, 11) is -10.4. The van der Waals surface area contributed by atoms with Gasteiger partial charge < -0.3 is 35.1 Å². The van der Waals surface area contributed by atoms with Gasteiger partial charge in [0.25, 0.3) is 11.5 Å². The molecule has 4 rings (SSSR count). The van der Waals surface area contributed by atoms with Gasteiger partial charge in [0.05, 0.1) is 19.8 Å². The van der Waals surface area contributed by atoms with Crippen LogP contribution in [0, 0.1) is 0 Å². The first-order chi connectivity index (χ1) is 31.1. The van der Waals surface area contributed by atoms with Crippen LogP contribution in [0.2, 0.25) is 0 Å². The predicted molar refractivity (Wildman–Crippen MR) is 236 cm³/mol. The van der Waals surface area contributed by atoms with Crippen LogP contribution in [0.3, 0.4) is 0 Å². The number of carbonyl (C=O) groups excluding carboxylic acids is 3. The number of nitrogens with zero attached hydrogens (tertiary/aromatic N) is 2. The standard InChI is InChI=1S/C44H63N3O16P2/c1-3-5-7-9-11-13-15-17-37(48)60-34-23-19-32(20-24-34)29-58-65(56,59-30-33-21-25-35(26-22-33)61-38(49)18-16-14-12-10-8-6-4-2)63-64(54,55)57-31-36-40(50)41(51)44(62-36)47-28-27-46-39(42(45)52)43(47)53/h19-28,36,40-41,44,50-51H,3-18,29-31H2,1-2H3,(H2,45,52)(H,54,55)/t36-,40-,41-,44-/m1/s1. The van der Waals surface area contributed by atoms with Crippen LogP contribution in [0.15, 0.2) is 65.7 Å². The average Bonchev–Trinajstić information content (AvgIpc) is 3.56. The fraction of sp³-hybridized carbons (Fsp3) is 0.568. The number of esters is 2. The molecule has 19 nitrogen and oxygen atoms in total. The maximum Gasteiger partial charge on any atom is 0.484 e. The zero-order valence-corrected chi connectivity index (χ0v) is 38.8. The molecule has 1 unspecified atom stereocenters. The summed E-state index contributed by atoms with van der Waals surface area (Å²) >= 11 is 0. The Morgan fingerprint density at radius 1 is 0.708 bits per heavy atom. The number of hydrogen-bond acceptors (Lipinski definition) is 16. The molecule has 5 N–H and O–H groups in total. The fourth-order valence-corrected chi connectivity index (χ4v) is 9.33. The van der Waals surface area contributed by atoms with E-state index in [1.807, 2.05) is 0 Å². The van der Waals surface area contributed by atoms with Gasteiger partial charge in [-0.05, 0) is 48.2 Å². The van der Waals surface area contributed by atoms with E-state index in [-0.39, 0.29) is 36.3 Å². The average molecular weight is 952 g/mol. The van der Waals surface area contributed by atoms with Gasteiger partial charge in [0, 0.05) is 25.2 Å². The van der Waals surface area contributed by atoms with Crippen LogP contribution in [0.5, 0.6) is 11.5 Å². The van der Waals surface area contributed by atoms with E-state index in [4.69, 9.17) is 37.8 Å². The molecular formula is C44H63N3O16P2. The zero-order chi connectivity index (χ0) is 47.2. The second-order valence-electron chi connectivity index (χ2n) is 15.7. The maximum absolute atomic E-state index is 14.1. The number of amides is 1. The van der Waals surface area contributed by atoms with E-state index in [2.05, 4.69) is 18.8 Å². The number of hydrogen-bond donors (Lipinski definition) is 4. The van der Waals surface area contributed by atoms with Crippen LogP contribution in [0.1, 0.15) is 144 Å². The third-order valence-electron chi connectivity index (χ3n) is 10.4. The topological polar surface area (TPSA) is 272 Å². The van der Waals surface area contributed by atoms with Gasteiger partial charge >= 0.3 is 27.6 Å². The molecule has 1 aliphatic rings. The number of unbranched alkanes of at least 4 members (excludes halogenated alkanes) is 12. The quantitative estimate of drug-likeness (QED) is 0.0208. The number of aromatic nitrogens is 2. The molecule has 1 saturated heterocycles. The third kappa shape index (κ3) is 18.6. The molecule has 0 saturated carbocycles. The molecule has 1 aromatic heterocycles. The zero-order valence-electron chi connectivity index (χ0n) is 37.0. The van der Waals surface area contributed by atoms with E-state index in [0.29, 0.717) is 24.0 Å². The number of nitrogens with two attached hydrogens (primary N) is 1. The van der Waals surface area contributed by atoms with Crippen LogP contribution < -0.4 is 20.8 Å². The highest BCUT2D eigenvalue weighted by Gasteiger charge is 2.46. The van der Waals surface area contributed by atoms with E-state index in [1.165, 1.54) is 74.2 Å². The first-order valence-corrected chi connectivity index (χ1v) is 25.1. The van der Waals surface area contributed by atoms with Gasteiger partial charge in [0.1, 0.15) is 29.8 Å². The number of rotatable bonds is 31. The van der Waals surface area contributed by atoms with Crippen molar-refractivity contribution in [2.75, 3.05) is 6.61 Å². The Labute approximate surface area is 379 Å². The van der Waals surface area contributed by atoms with Crippen molar-refractivity contribution >= 4 is 33.5 Å². The summed E-state index contributed by atoms with van der Waals surface area (Å²) in [4.78, 5) is 63.5. The van der Waals surface area contributed by atoms with E-state index in [0.717, 1.165) is 68.3 Å². The molecule has 0 aliphatic carbocycles. The summed E-state index contributed by atoms with van der Waals surface area (Å²) in [5.41, 5.74) is 4.26. The van der Waals surface area contributed by atoms with Crippen molar-refractivity contribution in [3.8, 4) is 11.5 Å². The Kier molecular flexibility index (Phi) is 22.6. The summed E-state index contributed by atoms with van der Waals surface area (Å²) in [5, 5.41) is 21.3. The molecule has 2 aromatic carbocycles. The minimum atomic E-state index is -5.40.